The SMILES string of the molecule is CCCCCOc1ccc(C2CCC(CCCCC)CC2)cc1C#N. The molecule has 1 aromatic rings. The molecule has 2 nitrogen and oxygen atoms in total. The van der Waals surface area contributed by atoms with Crippen LogP contribution in [0.15, 0.2) is 18.2 Å². The van der Waals surface area contributed by atoms with E-state index < -0.39 is 0 Å². The van der Waals surface area contributed by atoms with Crippen molar-refractivity contribution in [3.8, 4) is 11.8 Å². The van der Waals surface area contributed by atoms with E-state index in [1.165, 1.54) is 69.8 Å². The van der Waals surface area contributed by atoms with Crippen LogP contribution in [0.25, 0.3) is 0 Å². The van der Waals surface area contributed by atoms with Crippen molar-refractivity contribution in [2.45, 2.75) is 90.4 Å². The molecule has 0 aliphatic heterocycles. The van der Waals surface area contributed by atoms with Crippen molar-refractivity contribution < 1.29 is 4.74 Å². The molecule has 2 heteroatoms. The first-order chi connectivity index (χ1) is 12.3. The molecule has 0 bridgehead atoms. The molecular weight excluding hydrogens is 306 g/mol. The molecule has 0 amide bonds. The molecular formula is C23H35NO. The topological polar surface area (TPSA) is 33.0 Å². The van der Waals surface area contributed by atoms with E-state index >= 15 is 0 Å². The average molecular weight is 342 g/mol. The summed E-state index contributed by atoms with van der Waals surface area (Å²) in [5.41, 5.74) is 2.04. The van der Waals surface area contributed by atoms with Gasteiger partial charge >= 0.3 is 0 Å². The molecule has 0 radical (unpaired) electrons. The van der Waals surface area contributed by atoms with Crippen LogP contribution in [0.2, 0.25) is 0 Å². The van der Waals surface area contributed by atoms with E-state index in [9.17, 15) is 5.26 Å². The first-order valence-corrected chi connectivity index (χ1v) is 10.4. The van der Waals surface area contributed by atoms with Gasteiger partial charge in [0.1, 0.15) is 11.8 Å². The van der Waals surface area contributed by atoms with Crippen molar-refractivity contribution in [1.82, 2.24) is 0 Å². The van der Waals surface area contributed by atoms with Crippen LogP contribution in [0.3, 0.4) is 0 Å². The van der Waals surface area contributed by atoms with Crippen LogP contribution in [0.5, 0.6) is 5.75 Å². The Morgan fingerprint density at radius 1 is 1.00 bits per heavy atom. The van der Waals surface area contributed by atoms with Gasteiger partial charge in [0.05, 0.1) is 12.2 Å². The van der Waals surface area contributed by atoms with E-state index in [2.05, 4.69) is 32.0 Å². The highest BCUT2D eigenvalue weighted by atomic mass is 16.5. The highest BCUT2D eigenvalue weighted by Gasteiger charge is 2.22. The minimum Gasteiger partial charge on any atom is -0.492 e. The Morgan fingerprint density at radius 3 is 2.40 bits per heavy atom. The second kappa shape index (κ2) is 11.2. The second-order valence-corrected chi connectivity index (χ2v) is 7.64. The maximum absolute atomic E-state index is 9.48. The van der Waals surface area contributed by atoms with Crippen molar-refractivity contribution in [3.63, 3.8) is 0 Å². The van der Waals surface area contributed by atoms with E-state index in [1.54, 1.807) is 0 Å². The van der Waals surface area contributed by atoms with Gasteiger partial charge in [-0.3, -0.25) is 0 Å². The highest BCUT2D eigenvalue weighted by molar-refractivity contribution is 5.46. The smallest absolute Gasteiger partial charge is 0.137 e. The van der Waals surface area contributed by atoms with Gasteiger partial charge in [0.15, 0.2) is 0 Å². The lowest BCUT2D eigenvalue weighted by Crippen LogP contribution is -2.13. The number of nitrogens with zero attached hydrogens (tertiary/aromatic N) is 1. The lowest BCUT2D eigenvalue weighted by Gasteiger charge is -2.29. The lowest BCUT2D eigenvalue weighted by atomic mass is 9.77. The molecule has 1 aliphatic carbocycles. The zero-order chi connectivity index (χ0) is 17.9. The summed E-state index contributed by atoms with van der Waals surface area (Å²) in [6, 6.07) is 8.63. The van der Waals surface area contributed by atoms with Gasteiger partial charge < -0.3 is 4.74 Å². The summed E-state index contributed by atoms with van der Waals surface area (Å²) in [5, 5.41) is 9.48. The molecule has 1 fully saturated rings. The molecule has 0 spiro atoms. The summed E-state index contributed by atoms with van der Waals surface area (Å²) in [6.45, 7) is 5.18. The van der Waals surface area contributed by atoms with Gasteiger partial charge in [0, 0.05) is 0 Å². The molecule has 0 saturated heterocycles. The van der Waals surface area contributed by atoms with Crippen molar-refractivity contribution in [3.05, 3.63) is 29.3 Å². The van der Waals surface area contributed by atoms with E-state index in [0.29, 0.717) is 18.1 Å². The van der Waals surface area contributed by atoms with Crippen molar-refractivity contribution in [2.24, 2.45) is 5.92 Å². The Balaban J connectivity index is 1.87. The van der Waals surface area contributed by atoms with Gasteiger partial charge in [-0.2, -0.15) is 5.26 Å². The molecule has 0 heterocycles. The second-order valence-electron chi connectivity index (χ2n) is 7.64. The van der Waals surface area contributed by atoms with E-state index in [-0.39, 0.29) is 0 Å². The quantitative estimate of drug-likeness (QED) is 0.430. The monoisotopic (exact) mass is 341 g/mol. The number of hydrogen-bond donors (Lipinski definition) is 0. The summed E-state index contributed by atoms with van der Waals surface area (Å²) in [4.78, 5) is 0. The molecule has 0 N–H and O–H groups in total. The van der Waals surface area contributed by atoms with E-state index in [4.69, 9.17) is 4.74 Å². The van der Waals surface area contributed by atoms with Crippen LogP contribution >= 0.6 is 0 Å². The minimum absolute atomic E-state index is 0.628. The molecule has 138 valence electrons. The average Bonchev–Trinajstić information content (AvgIpc) is 2.66. The molecule has 0 unspecified atom stereocenters. The predicted molar refractivity (Wildman–Crippen MR) is 105 cm³/mol. The number of ether oxygens (including phenoxy) is 1. The zero-order valence-electron chi connectivity index (χ0n) is 16.2. The Labute approximate surface area is 154 Å². The summed E-state index contributed by atoms with van der Waals surface area (Å²) in [5.74, 6) is 2.32. The van der Waals surface area contributed by atoms with Crippen LogP contribution < -0.4 is 4.74 Å². The lowest BCUT2D eigenvalue weighted by molar-refractivity contribution is 0.300. The third-order valence-corrected chi connectivity index (χ3v) is 5.66. The van der Waals surface area contributed by atoms with Crippen molar-refractivity contribution in [2.75, 3.05) is 6.61 Å². The van der Waals surface area contributed by atoms with Crippen LogP contribution in [-0.2, 0) is 0 Å². The summed E-state index contributed by atoms with van der Waals surface area (Å²) >= 11 is 0. The number of unbranched alkanes of at least 4 members (excludes halogenated alkanes) is 4. The first kappa shape index (κ1) is 19.8. The zero-order valence-corrected chi connectivity index (χ0v) is 16.2. The maximum atomic E-state index is 9.48. The van der Waals surface area contributed by atoms with Gasteiger partial charge in [-0.1, -0.05) is 58.4 Å². The molecule has 2 rings (SSSR count). The normalized spacial score (nSPS) is 20.2. The van der Waals surface area contributed by atoms with Crippen LogP contribution in [0, 0.1) is 17.2 Å². The highest BCUT2D eigenvalue weighted by Crippen LogP contribution is 2.38. The summed E-state index contributed by atoms with van der Waals surface area (Å²) in [7, 11) is 0. The van der Waals surface area contributed by atoms with Crippen LogP contribution in [0.4, 0.5) is 0 Å². The van der Waals surface area contributed by atoms with Gasteiger partial charge in [0.25, 0.3) is 0 Å². The number of hydrogen-bond acceptors (Lipinski definition) is 2. The molecule has 1 aliphatic rings. The van der Waals surface area contributed by atoms with Gasteiger partial charge in [-0.15, -0.1) is 0 Å². The Kier molecular flexibility index (Phi) is 8.87. The Hall–Kier alpha value is -1.49. The van der Waals surface area contributed by atoms with Gasteiger partial charge in [-0.25, -0.2) is 0 Å². The summed E-state index contributed by atoms with van der Waals surface area (Å²) < 4.78 is 5.82. The molecule has 1 aromatic carbocycles. The number of benzene rings is 1. The predicted octanol–water partition coefficient (Wildman–Crippen LogP) is 6.98. The largest absolute Gasteiger partial charge is 0.492 e. The first-order valence-electron chi connectivity index (χ1n) is 10.4. The fourth-order valence-electron chi connectivity index (χ4n) is 4.02. The molecule has 0 atom stereocenters. The van der Waals surface area contributed by atoms with Gasteiger partial charge in [0.2, 0.25) is 0 Å². The van der Waals surface area contributed by atoms with Crippen molar-refractivity contribution in [1.29, 1.82) is 5.26 Å². The molecule has 0 aromatic heterocycles. The van der Waals surface area contributed by atoms with E-state index in [0.717, 1.165) is 18.1 Å². The van der Waals surface area contributed by atoms with Crippen LogP contribution in [-0.4, -0.2) is 6.61 Å². The fraction of sp³-hybridized carbons (Fsp3) is 0.696. The van der Waals surface area contributed by atoms with E-state index in [1.807, 2.05) is 6.07 Å². The minimum atomic E-state index is 0.628. The fourth-order valence-corrected chi connectivity index (χ4v) is 4.02. The van der Waals surface area contributed by atoms with Crippen LogP contribution in [0.1, 0.15) is 102 Å². The van der Waals surface area contributed by atoms with Crippen molar-refractivity contribution >= 4 is 0 Å². The number of nitriles is 1. The molecule has 1 saturated carbocycles. The number of rotatable bonds is 10. The Bertz CT molecular complexity index is 538. The standard InChI is InChI=1S/C23H35NO/c1-3-5-7-9-19-10-12-20(13-11-19)21-14-15-23(22(17-21)18-24)25-16-8-6-4-2/h14-15,17,19-20H,3-13,16H2,1-2H3. The van der Waals surface area contributed by atoms with Gasteiger partial charge in [-0.05, 0) is 61.6 Å². The summed E-state index contributed by atoms with van der Waals surface area (Å²) in [6.07, 6.45) is 14.2. The maximum Gasteiger partial charge on any atom is 0.137 e. The molecule has 25 heavy (non-hydrogen) atoms. The Morgan fingerprint density at radius 2 is 1.72 bits per heavy atom. The third kappa shape index (κ3) is 6.38. The third-order valence-electron chi connectivity index (χ3n) is 5.66.